The fourth-order valence-electron chi connectivity index (χ4n) is 3.88. The molecule has 1 atom stereocenters. The van der Waals surface area contributed by atoms with Crippen LogP contribution in [0.25, 0.3) is 5.76 Å². The van der Waals surface area contributed by atoms with Crippen molar-refractivity contribution in [1.82, 2.24) is 0 Å². The molecule has 27 heavy (non-hydrogen) atoms. The van der Waals surface area contributed by atoms with Gasteiger partial charge >= 0.3 is 0 Å². The molecular formula is C23H19NO3. The molecule has 0 amide bonds. The number of benzene rings is 3. The van der Waals surface area contributed by atoms with E-state index in [1.807, 2.05) is 97.9 Å². The predicted octanol–water partition coefficient (Wildman–Crippen LogP) is 5.24. The standard InChI is InChI=1S/C23H19NO3/c1-17-21(24(25)26)22(18-11-5-2-6-12-18)27-23(17,19-13-7-3-8-14-19)20-15-9-4-10-16-20/h2-17H,1H3. The van der Waals surface area contributed by atoms with Gasteiger partial charge in [0.15, 0.2) is 5.60 Å². The number of hydrogen-bond donors (Lipinski definition) is 0. The zero-order valence-electron chi connectivity index (χ0n) is 14.9. The lowest BCUT2D eigenvalue weighted by atomic mass is 9.76. The lowest BCUT2D eigenvalue weighted by Gasteiger charge is -2.34. The summed E-state index contributed by atoms with van der Waals surface area (Å²) >= 11 is 0. The van der Waals surface area contributed by atoms with E-state index in [1.165, 1.54) is 0 Å². The summed E-state index contributed by atoms with van der Waals surface area (Å²) in [6, 6.07) is 28.8. The summed E-state index contributed by atoms with van der Waals surface area (Å²) in [7, 11) is 0. The minimum Gasteiger partial charge on any atom is -0.469 e. The maximum Gasteiger partial charge on any atom is 0.295 e. The zero-order valence-corrected chi connectivity index (χ0v) is 14.9. The van der Waals surface area contributed by atoms with Crippen molar-refractivity contribution in [3.63, 3.8) is 0 Å². The van der Waals surface area contributed by atoms with Crippen LogP contribution < -0.4 is 0 Å². The van der Waals surface area contributed by atoms with Crippen LogP contribution in [-0.2, 0) is 10.3 Å². The lowest BCUT2D eigenvalue weighted by molar-refractivity contribution is -0.432. The molecule has 1 unspecified atom stereocenters. The second-order valence-corrected chi connectivity index (χ2v) is 6.63. The van der Waals surface area contributed by atoms with Gasteiger partial charge in [-0.2, -0.15) is 0 Å². The van der Waals surface area contributed by atoms with Gasteiger partial charge in [0, 0.05) is 16.7 Å². The molecule has 1 heterocycles. The van der Waals surface area contributed by atoms with Crippen LogP contribution in [0.4, 0.5) is 0 Å². The normalized spacial score (nSPS) is 18.2. The Kier molecular flexibility index (Phi) is 4.24. The Hall–Kier alpha value is -3.40. The minimum absolute atomic E-state index is 0.105. The molecule has 0 aliphatic carbocycles. The Balaban J connectivity index is 1.96. The van der Waals surface area contributed by atoms with Gasteiger partial charge in [-0.15, -0.1) is 0 Å². The van der Waals surface area contributed by atoms with Crippen LogP contribution >= 0.6 is 0 Å². The Bertz CT molecular complexity index is 942. The van der Waals surface area contributed by atoms with Gasteiger partial charge < -0.3 is 4.74 Å². The van der Waals surface area contributed by atoms with Gasteiger partial charge in [-0.05, 0) is 6.92 Å². The SMILES string of the molecule is CC1C([N+](=O)[O-])=C(c2ccccc2)OC1(c1ccccc1)c1ccccc1. The van der Waals surface area contributed by atoms with E-state index in [0.717, 1.165) is 11.1 Å². The van der Waals surface area contributed by atoms with Crippen molar-refractivity contribution in [1.29, 1.82) is 0 Å². The Labute approximate surface area is 157 Å². The molecule has 1 aliphatic heterocycles. The smallest absolute Gasteiger partial charge is 0.295 e. The van der Waals surface area contributed by atoms with Crippen LogP contribution in [-0.4, -0.2) is 4.92 Å². The van der Waals surface area contributed by atoms with Gasteiger partial charge in [-0.25, -0.2) is 0 Å². The molecule has 0 fully saturated rings. The largest absolute Gasteiger partial charge is 0.469 e. The Morgan fingerprint density at radius 1 is 0.815 bits per heavy atom. The number of nitrogens with zero attached hydrogens (tertiary/aromatic N) is 1. The summed E-state index contributed by atoms with van der Waals surface area (Å²) in [5.74, 6) is -0.131. The molecule has 134 valence electrons. The number of hydrogen-bond acceptors (Lipinski definition) is 3. The van der Waals surface area contributed by atoms with Crippen LogP contribution in [0.15, 0.2) is 96.7 Å². The van der Waals surface area contributed by atoms with E-state index in [9.17, 15) is 10.1 Å². The lowest BCUT2D eigenvalue weighted by Crippen LogP contribution is -2.35. The quantitative estimate of drug-likeness (QED) is 0.474. The molecule has 0 radical (unpaired) electrons. The van der Waals surface area contributed by atoms with E-state index < -0.39 is 11.5 Å². The van der Waals surface area contributed by atoms with Gasteiger partial charge in [-0.3, -0.25) is 10.1 Å². The minimum atomic E-state index is -0.948. The van der Waals surface area contributed by atoms with Crippen LogP contribution in [0.2, 0.25) is 0 Å². The van der Waals surface area contributed by atoms with Crippen molar-refractivity contribution in [2.45, 2.75) is 12.5 Å². The van der Waals surface area contributed by atoms with E-state index >= 15 is 0 Å². The van der Waals surface area contributed by atoms with Crippen molar-refractivity contribution < 1.29 is 9.66 Å². The maximum atomic E-state index is 12.0. The highest BCUT2D eigenvalue weighted by atomic mass is 16.6. The Morgan fingerprint density at radius 2 is 1.26 bits per heavy atom. The van der Waals surface area contributed by atoms with Crippen LogP contribution in [0.5, 0.6) is 0 Å². The summed E-state index contributed by atoms with van der Waals surface area (Å²) < 4.78 is 6.53. The summed E-state index contributed by atoms with van der Waals surface area (Å²) in [6.45, 7) is 1.87. The van der Waals surface area contributed by atoms with Crippen LogP contribution in [0.1, 0.15) is 23.6 Å². The first-order valence-electron chi connectivity index (χ1n) is 8.88. The van der Waals surface area contributed by atoms with Gasteiger partial charge in [0.25, 0.3) is 5.70 Å². The summed E-state index contributed by atoms with van der Waals surface area (Å²) in [6.07, 6.45) is 0. The van der Waals surface area contributed by atoms with E-state index in [2.05, 4.69) is 0 Å². The summed E-state index contributed by atoms with van der Waals surface area (Å²) in [5, 5.41) is 12.0. The molecule has 0 saturated carbocycles. The third kappa shape index (κ3) is 2.70. The summed E-state index contributed by atoms with van der Waals surface area (Å²) in [5.41, 5.74) is 1.66. The first kappa shape index (κ1) is 17.0. The highest BCUT2D eigenvalue weighted by molar-refractivity contribution is 5.67. The molecule has 3 aromatic carbocycles. The van der Waals surface area contributed by atoms with E-state index in [0.29, 0.717) is 11.3 Å². The first-order chi connectivity index (χ1) is 13.1. The average Bonchev–Trinajstić information content (AvgIpc) is 3.04. The van der Waals surface area contributed by atoms with Crippen molar-refractivity contribution >= 4 is 5.76 Å². The van der Waals surface area contributed by atoms with Gasteiger partial charge in [0.1, 0.15) is 0 Å². The fraction of sp³-hybridized carbons (Fsp3) is 0.130. The molecule has 4 nitrogen and oxygen atoms in total. The fourth-order valence-corrected chi connectivity index (χ4v) is 3.88. The molecule has 0 aromatic heterocycles. The molecule has 1 aliphatic rings. The predicted molar refractivity (Wildman–Crippen MR) is 104 cm³/mol. The molecule has 0 bridgehead atoms. The maximum absolute atomic E-state index is 12.0. The third-order valence-corrected chi connectivity index (χ3v) is 5.15. The summed E-state index contributed by atoms with van der Waals surface area (Å²) in [4.78, 5) is 11.7. The molecule has 0 saturated heterocycles. The molecular weight excluding hydrogens is 338 g/mol. The topological polar surface area (TPSA) is 52.4 Å². The van der Waals surface area contributed by atoms with Crippen molar-refractivity contribution in [3.8, 4) is 0 Å². The molecule has 0 spiro atoms. The van der Waals surface area contributed by atoms with E-state index in [1.54, 1.807) is 0 Å². The first-order valence-corrected chi connectivity index (χ1v) is 8.88. The highest BCUT2D eigenvalue weighted by Crippen LogP contribution is 2.53. The Morgan fingerprint density at radius 3 is 1.70 bits per heavy atom. The monoisotopic (exact) mass is 357 g/mol. The average molecular weight is 357 g/mol. The molecule has 4 rings (SSSR count). The second kappa shape index (κ2) is 6.72. The molecule has 4 heteroatoms. The van der Waals surface area contributed by atoms with Gasteiger partial charge in [0.05, 0.1) is 10.8 Å². The molecule has 0 N–H and O–H groups in total. The van der Waals surface area contributed by atoms with E-state index in [-0.39, 0.29) is 10.6 Å². The van der Waals surface area contributed by atoms with Crippen molar-refractivity contribution in [3.05, 3.63) is 123 Å². The van der Waals surface area contributed by atoms with Crippen LogP contribution in [0, 0.1) is 16.0 Å². The van der Waals surface area contributed by atoms with Crippen LogP contribution in [0.3, 0.4) is 0 Å². The van der Waals surface area contributed by atoms with Gasteiger partial charge in [0.2, 0.25) is 5.76 Å². The highest BCUT2D eigenvalue weighted by Gasteiger charge is 2.55. The van der Waals surface area contributed by atoms with E-state index in [4.69, 9.17) is 4.74 Å². The number of nitro groups is 1. The molecule has 3 aromatic rings. The number of ether oxygens (including phenoxy) is 1. The van der Waals surface area contributed by atoms with Crippen molar-refractivity contribution in [2.24, 2.45) is 5.92 Å². The second-order valence-electron chi connectivity index (χ2n) is 6.63. The third-order valence-electron chi connectivity index (χ3n) is 5.15. The number of rotatable bonds is 4. The van der Waals surface area contributed by atoms with Crippen molar-refractivity contribution in [2.75, 3.05) is 0 Å². The zero-order chi connectivity index (χ0) is 18.9. The van der Waals surface area contributed by atoms with Gasteiger partial charge in [-0.1, -0.05) is 91.0 Å².